The van der Waals surface area contributed by atoms with Crippen LogP contribution in [-0.2, 0) is 0 Å². The van der Waals surface area contributed by atoms with Crippen LogP contribution in [0.4, 0.5) is 11.1 Å². The zero-order valence-corrected chi connectivity index (χ0v) is 13.4. The van der Waals surface area contributed by atoms with E-state index in [2.05, 4.69) is 19.8 Å². The summed E-state index contributed by atoms with van der Waals surface area (Å²) in [5, 5.41) is 1.82. The molecule has 0 spiro atoms. The monoisotopic (exact) mass is 331 g/mol. The molecule has 1 aliphatic heterocycles. The van der Waals surface area contributed by atoms with Crippen molar-refractivity contribution in [1.29, 1.82) is 0 Å². The van der Waals surface area contributed by atoms with Crippen LogP contribution in [0.2, 0.25) is 5.02 Å². The Hall–Kier alpha value is -1.92. The quantitative estimate of drug-likeness (QED) is 0.722. The Morgan fingerprint density at radius 2 is 1.73 bits per heavy atom. The highest BCUT2D eigenvalue weighted by atomic mass is 35.5. The molecule has 1 saturated heterocycles. The number of aromatic nitrogens is 3. The maximum Gasteiger partial charge on any atom is 0.225 e. The summed E-state index contributed by atoms with van der Waals surface area (Å²) in [6.07, 6.45) is 3.57. The fourth-order valence-electron chi connectivity index (χ4n) is 2.57. The van der Waals surface area contributed by atoms with Crippen LogP contribution in [-0.4, -0.2) is 41.1 Å². The van der Waals surface area contributed by atoms with Gasteiger partial charge in [0.05, 0.1) is 10.2 Å². The van der Waals surface area contributed by atoms with Crippen LogP contribution in [0.1, 0.15) is 0 Å². The molecule has 22 heavy (non-hydrogen) atoms. The Labute approximate surface area is 137 Å². The van der Waals surface area contributed by atoms with Crippen molar-refractivity contribution in [3.63, 3.8) is 0 Å². The molecule has 4 rings (SSSR count). The Kier molecular flexibility index (Phi) is 3.56. The first-order chi connectivity index (χ1) is 10.8. The number of halogens is 1. The van der Waals surface area contributed by atoms with Gasteiger partial charge in [0.25, 0.3) is 0 Å². The normalized spacial score (nSPS) is 15.5. The predicted molar refractivity (Wildman–Crippen MR) is 91.1 cm³/mol. The number of nitrogens with zero attached hydrogens (tertiary/aromatic N) is 5. The fraction of sp³-hybridized carbons (Fsp3) is 0.267. The summed E-state index contributed by atoms with van der Waals surface area (Å²) < 4.78 is 1.14. The van der Waals surface area contributed by atoms with Crippen LogP contribution < -0.4 is 9.80 Å². The third kappa shape index (κ3) is 2.60. The second kappa shape index (κ2) is 5.70. The lowest BCUT2D eigenvalue weighted by molar-refractivity contribution is 0.639. The summed E-state index contributed by atoms with van der Waals surface area (Å²) in [5.74, 6) is 0.804. The van der Waals surface area contributed by atoms with Gasteiger partial charge in [0.1, 0.15) is 0 Å². The third-order valence-electron chi connectivity index (χ3n) is 3.72. The van der Waals surface area contributed by atoms with Crippen LogP contribution >= 0.6 is 22.9 Å². The van der Waals surface area contributed by atoms with E-state index in [1.165, 1.54) is 0 Å². The highest BCUT2D eigenvalue weighted by Crippen LogP contribution is 2.31. The van der Waals surface area contributed by atoms with Gasteiger partial charge in [0, 0.05) is 43.6 Å². The molecule has 7 heteroatoms. The van der Waals surface area contributed by atoms with Gasteiger partial charge in [0.2, 0.25) is 5.95 Å². The summed E-state index contributed by atoms with van der Waals surface area (Å²) >= 11 is 7.74. The van der Waals surface area contributed by atoms with Gasteiger partial charge in [-0.3, -0.25) is 0 Å². The third-order valence-corrected chi connectivity index (χ3v) is 5.04. The van der Waals surface area contributed by atoms with Gasteiger partial charge in [-0.05, 0) is 24.3 Å². The van der Waals surface area contributed by atoms with E-state index >= 15 is 0 Å². The van der Waals surface area contributed by atoms with E-state index in [1.54, 1.807) is 23.7 Å². The zero-order valence-electron chi connectivity index (χ0n) is 11.8. The Morgan fingerprint density at radius 1 is 1.00 bits per heavy atom. The molecule has 1 aromatic carbocycles. The minimum Gasteiger partial charge on any atom is -0.345 e. The molecule has 0 N–H and O–H groups in total. The molecule has 0 radical (unpaired) electrons. The Bertz CT molecular complexity index is 783. The molecule has 3 aromatic rings. The SMILES string of the molecule is Clc1ccc2nc(N3CCN(c4ncccn4)CC3)sc2c1. The molecule has 0 amide bonds. The van der Waals surface area contributed by atoms with Crippen LogP contribution in [0.15, 0.2) is 36.7 Å². The molecular weight excluding hydrogens is 318 g/mol. The summed E-state index contributed by atoms with van der Waals surface area (Å²) in [4.78, 5) is 17.9. The van der Waals surface area contributed by atoms with Gasteiger partial charge in [0.15, 0.2) is 5.13 Å². The van der Waals surface area contributed by atoms with Crippen LogP contribution in [0.3, 0.4) is 0 Å². The molecule has 1 fully saturated rings. The van der Waals surface area contributed by atoms with E-state index in [-0.39, 0.29) is 0 Å². The second-order valence-corrected chi connectivity index (χ2v) is 6.58. The summed E-state index contributed by atoms with van der Waals surface area (Å²) in [6.45, 7) is 3.65. The Balaban J connectivity index is 1.50. The van der Waals surface area contributed by atoms with Gasteiger partial charge in [-0.25, -0.2) is 15.0 Å². The highest BCUT2D eigenvalue weighted by molar-refractivity contribution is 7.22. The first kappa shape index (κ1) is 13.7. The molecule has 2 aromatic heterocycles. The second-order valence-electron chi connectivity index (χ2n) is 5.13. The van der Waals surface area contributed by atoms with Crippen molar-refractivity contribution < 1.29 is 0 Å². The molecule has 0 aliphatic carbocycles. The largest absolute Gasteiger partial charge is 0.345 e. The van der Waals surface area contributed by atoms with Crippen molar-refractivity contribution in [3.8, 4) is 0 Å². The zero-order chi connectivity index (χ0) is 14.9. The fourth-order valence-corrected chi connectivity index (χ4v) is 3.87. The molecule has 3 heterocycles. The average molecular weight is 332 g/mol. The molecule has 0 saturated carbocycles. The topological polar surface area (TPSA) is 45.2 Å². The number of piperazine rings is 1. The molecular formula is C15H14ClN5S. The first-order valence-corrected chi connectivity index (χ1v) is 8.32. The standard InChI is InChI=1S/C15H14ClN5S/c16-11-2-3-12-13(10-11)22-15(19-12)21-8-6-20(7-9-21)14-17-4-1-5-18-14/h1-5,10H,6-9H2. The molecule has 1 aliphatic rings. The summed E-state index contributed by atoms with van der Waals surface area (Å²) in [6, 6.07) is 7.68. The number of fused-ring (bicyclic) bond motifs is 1. The van der Waals surface area contributed by atoms with Gasteiger partial charge < -0.3 is 9.80 Å². The number of benzene rings is 1. The maximum atomic E-state index is 6.05. The van der Waals surface area contributed by atoms with Crippen molar-refractivity contribution in [1.82, 2.24) is 15.0 Å². The van der Waals surface area contributed by atoms with Gasteiger partial charge in [-0.1, -0.05) is 22.9 Å². The van der Waals surface area contributed by atoms with Crippen molar-refractivity contribution in [2.24, 2.45) is 0 Å². The van der Waals surface area contributed by atoms with Gasteiger partial charge >= 0.3 is 0 Å². The number of hydrogen-bond donors (Lipinski definition) is 0. The minimum absolute atomic E-state index is 0.758. The number of anilines is 2. The van der Waals surface area contributed by atoms with Crippen LogP contribution in [0, 0.1) is 0 Å². The van der Waals surface area contributed by atoms with E-state index in [4.69, 9.17) is 16.6 Å². The minimum atomic E-state index is 0.758. The first-order valence-electron chi connectivity index (χ1n) is 7.12. The number of rotatable bonds is 2. The highest BCUT2D eigenvalue weighted by Gasteiger charge is 2.21. The average Bonchev–Trinajstić information content (AvgIpc) is 2.99. The van der Waals surface area contributed by atoms with E-state index in [0.29, 0.717) is 0 Å². The van der Waals surface area contributed by atoms with Crippen molar-refractivity contribution in [2.45, 2.75) is 0 Å². The molecule has 112 valence electrons. The molecule has 0 bridgehead atoms. The van der Waals surface area contributed by atoms with Crippen molar-refractivity contribution in [2.75, 3.05) is 36.0 Å². The smallest absolute Gasteiger partial charge is 0.225 e. The van der Waals surface area contributed by atoms with E-state index in [9.17, 15) is 0 Å². The lowest BCUT2D eigenvalue weighted by Crippen LogP contribution is -2.47. The van der Waals surface area contributed by atoms with E-state index in [0.717, 1.165) is 52.5 Å². The number of hydrogen-bond acceptors (Lipinski definition) is 6. The van der Waals surface area contributed by atoms with Crippen LogP contribution in [0.5, 0.6) is 0 Å². The number of thiazole rings is 1. The van der Waals surface area contributed by atoms with E-state index in [1.807, 2.05) is 24.3 Å². The lowest BCUT2D eigenvalue weighted by Gasteiger charge is -2.34. The lowest BCUT2D eigenvalue weighted by atomic mass is 10.3. The van der Waals surface area contributed by atoms with Crippen molar-refractivity contribution >= 4 is 44.2 Å². The van der Waals surface area contributed by atoms with Gasteiger partial charge in [-0.15, -0.1) is 0 Å². The Morgan fingerprint density at radius 3 is 2.50 bits per heavy atom. The summed E-state index contributed by atoms with van der Waals surface area (Å²) in [7, 11) is 0. The maximum absolute atomic E-state index is 6.05. The summed E-state index contributed by atoms with van der Waals surface area (Å²) in [5.41, 5.74) is 1.01. The molecule has 0 unspecified atom stereocenters. The predicted octanol–water partition coefficient (Wildman–Crippen LogP) is 3.07. The van der Waals surface area contributed by atoms with Crippen LogP contribution in [0.25, 0.3) is 10.2 Å². The van der Waals surface area contributed by atoms with E-state index < -0.39 is 0 Å². The van der Waals surface area contributed by atoms with Gasteiger partial charge in [-0.2, -0.15) is 0 Å². The molecule has 0 atom stereocenters. The molecule has 5 nitrogen and oxygen atoms in total. The van der Waals surface area contributed by atoms with Crippen molar-refractivity contribution in [3.05, 3.63) is 41.7 Å².